The molecule has 0 saturated carbocycles. The third-order valence-corrected chi connectivity index (χ3v) is 2.51. The highest BCUT2D eigenvalue weighted by atomic mass is 35.5. The quantitative estimate of drug-likeness (QED) is 0.717. The third-order valence-electron chi connectivity index (χ3n) is 2.27. The number of halogens is 1. The molecule has 0 radical (unpaired) electrons. The Bertz CT molecular complexity index is 336. The van der Waals surface area contributed by atoms with Gasteiger partial charge in [0.25, 0.3) is 0 Å². The molecular formula is C11H14ClNO. The van der Waals surface area contributed by atoms with E-state index in [1.807, 2.05) is 18.0 Å². The van der Waals surface area contributed by atoms with E-state index < -0.39 is 0 Å². The molecule has 2 nitrogen and oxygen atoms in total. The van der Waals surface area contributed by atoms with Crippen LogP contribution in [-0.2, 0) is 0 Å². The van der Waals surface area contributed by atoms with Gasteiger partial charge >= 0.3 is 0 Å². The Morgan fingerprint density at radius 1 is 1.43 bits per heavy atom. The van der Waals surface area contributed by atoms with Crippen molar-refractivity contribution in [2.45, 2.75) is 19.9 Å². The molecule has 0 aliphatic carbocycles. The predicted octanol–water partition coefficient (Wildman–Crippen LogP) is 3.00. The van der Waals surface area contributed by atoms with Crippen molar-refractivity contribution >= 4 is 23.6 Å². The first-order valence-electron chi connectivity index (χ1n) is 4.54. The van der Waals surface area contributed by atoms with Gasteiger partial charge in [0, 0.05) is 29.4 Å². The number of benzene rings is 1. The second kappa shape index (κ2) is 4.47. The minimum Gasteiger partial charge on any atom is -0.372 e. The van der Waals surface area contributed by atoms with E-state index in [0.29, 0.717) is 16.6 Å². The first kappa shape index (κ1) is 11.1. The van der Waals surface area contributed by atoms with Gasteiger partial charge in [0.05, 0.1) is 0 Å². The second-order valence-corrected chi connectivity index (χ2v) is 3.96. The van der Waals surface area contributed by atoms with Crippen LogP contribution in [0.5, 0.6) is 0 Å². The van der Waals surface area contributed by atoms with Gasteiger partial charge in [-0.3, -0.25) is 4.79 Å². The smallest absolute Gasteiger partial charge is 0.152 e. The van der Waals surface area contributed by atoms with E-state index in [4.69, 9.17) is 11.6 Å². The van der Waals surface area contributed by atoms with Gasteiger partial charge in [0.1, 0.15) is 0 Å². The zero-order valence-corrected chi connectivity index (χ0v) is 9.38. The van der Waals surface area contributed by atoms with Gasteiger partial charge in [-0.1, -0.05) is 11.6 Å². The monoisotopic (exact) mass is 211 g/mol. The highest BCUT2D eigenvalue weighted by Gasteiger charge is 2.09. The highest BCUT2D eigenvalue weighted by molar-refractivity contribution is 6.31. The first-order chi connectivity index (χ1) is 6.56. The maximum atomic E-state index is 10.8. The van der Waals surface area contributed by atoms with Gasteiger partial charge in [-0.05, 0) is 32.0 Å². The van der Waals surface area contributed by atoms with E-state index in [9.17, 15) is 4.79 Å². The lowest BCUT2D eigenvalue weighted by Crippen LogP contribution is -2.26. The zero-order valence-electron chi connectivity index (χ0n) is 8.62. The average Bonchev–Trinajstić information content (AvgIpc) is 2.16. The lowest BCUT2D eigenvalue weighted by Gasteiger charge is -2.25. The third kappa shape index (κ3) is 2.26. The van der Waals surface area contributed by atoms with E-state index in [-0.39, 0.29) is 0 Å². The fourth-order valence-electron chi connectivity index (χ4n) is 1.22. The normalized spacial score (nSPS) is 10.4. The standard InChI is InChI=1S/C11H14ClNO/c1-8(2)13(3)11-5-4-10(12)6-9(11)7-14/h4-8H,1-3H3. The maximum absolute atomic E-state index is 10.8. The van der Waals surface area contributed by atoms with Crippen molar-refractivity contribution in [1.29, 1.82) is 0 Å². The summed E-state index contributed by atoms with van der Waals surface area (Å²) in [5.74, 6) is 0. The number of aldehydes is 1. The Kier molecular flexibility index (Phi) is 3.53. The summed E-state index contributed by atoms with van der Waals surface area (Å²) in [4.78, 5) is 12.9. The Labute approximate surface area is 89.5 Å². The molecule has 0 aliphatic heterocycles. The second-order valence-electron chi connectivity index (χ2n) is 3.53. The van der Waals surface area contributed by atoms with Crippen LogP contribution in [0.15, 0.2) is 18.2 Å². The topological polar surface area (TPSA) is 20.3 Å². The van der Waals surface area contributed by atoms with E-state index in [0.717, 1.165) is 12.0 Å². The molecular weight excluding hydrogens is 198 g/mol. The van der Waals surface area contributed by atoms with Crippen LogP contribution >= 0.6 is 11.6 Å². The van der Waals surface area contributed by atoms with Crippen LogP contribution in [0.2, 0.25) is 5.02 Å². The number of carbonyl (C=O) groups excluding carboxylic acids is 1. The molecule has 76 valence electrons. The van der Waals surface area contributed by atoms with Crippen molar-refractivity contribution < 1.29 is 4.79 Å². The predicted molar refractivity (Wildman–Crippen MR) is 60.4 cm³/mol. The molecule has 0 bridgehead atoms. The summed E-state index contributed by atoms with van der Waals surface area (Å²) in [6, 6.07) is 5.70. The molecule has 1 rings (SSSR count). The molecule has 0 amide bonds. The Balaban J connectivity index is 3.13. The van der Waals surface area contributed by atoms with Gasteiger partial charge in [0.2, 0.25) is 0 Å². The Hall–Kier alpha value is -1.02. The molecule has 0 spiro atoms. The summed E-state index contributed by atoms with van der Waals surface area (Å²) >= 11 is 5.80. The van der Waals surface area contributed by atoms with Gasteiger partial charge < -0.3 is 4.90 Å². The number of nitrogens with zero attached hydrogens (tertiary/aromatic N) is 1. The van der Waals surface area contributed by atoms with Crippen LogP contribution in [0.25, 0.3) is 0 Å². The van der Waals surface area contributed by atoms with Crippen LogP contribution < -0.4 is 4.90 Å². The Morgan fingerprint density at radius 3 is 2.57 bits per heavy atom. The van der Waals surface area contributed by atoms with Crippen molar-refractivity contribution in [3.63, 3.8) is 0 Å². The molecule has 0 atom stereocenters. The molecule has 0 N–H and O–H groups in total. The zero-order chi connectivity index (χ0) is 10.7. The fourth-order valence-corrected chi connectivity index (χ4v) is 1.40. The van der Waals surface area contributed by atoms with Gasteiger partial charge in [-0.15, -0.1) is 0 Å². The first-order valence-corrected chi connectivity index (χ1v) is 4.91. The molecule has 0 heterocycles. The highest BCUT2D eigenvalue weighted by Crippen LogP contribution is 2.23. The lowest BCUT2D eigenvalue weighted by atomic mass is 10.1. The van der Waals surface area contributed by atoms with Crippen LogP contribution in [0.1, 0.15) is 24.2 Å². The van der Waals surface area contributed by atoms with E-state index >= 15 is 0 Å². The molecule has 0 fully saturated rings. The molecule has 14 heavy (non-hydrogen) atoms. The molecule has 0 aliphatic rings. The lowest BCUT2D eigenvalue weighted by molar-refractivity contribution is 0.112. The van der Waals surface area contributed by atoms with Crippen LogP contribution in [-0.4, -0.2) is 19.4 Å². The SMILES string of the molecule is CC(C)N(C)c1ccc(Cl)cc1C=O. The average molecular weight is 212 g/mol. The molecule has 0 saturated heterocycles. The summed E-state index contributed by atoms with van der Waals surface area (Å²) < 4.78 is 0. The van der Waals surface area contributed by atoms with Gasteiger partial charge in [-0.25, -0.2) is 0 Å². The molecule has 1 aromatic rings. The summed E-state index contributed by atoms with van der Waals surface area (Å²) in [6.07, 6.45) is 0.833. The Morgan fingerprint density at radius 2 is 2.07 bits per heavy atom. The van der Waals surface area contributed by atoms with Crippen molar-refractivity contribution in [2.75, 3.05) is 11.9 Å². The molecule has 3 heteroatoms. The van der Waals surface area contributed by atoms with Crippen LogP contribution in [0, 0.1) is 0 Å². The minimum absolute atomic E-state index is 0.356. The number of hydrogen-bond acceptors (Lipinski definition) is 2. The summed E-state index contributed by atoms with van der Waals surface area (Å²) in [5, 5.41) is 0.591. The van der Waals surface area contributed by atoms with Gasteiger partial charge in [-0.2, -0.15) is 0 Å². The van der Waals surface area contributed by atoms with E-state index in [1.54, 1.807) is 12.1 Å². The largest absolute Gasteiger partial charge is 0.372 e. The minimum atomic E-state index is 0.356. The van der Waals surface area contributed by atoms with E-state index in [1.165, 1.54) is 0 Å². The number of carbonyl (C=O) groups is 1. The van der Waals surface area contributed by atoms with Crippen molar-refractivity contribution in [3.05, 3.63) is 28.8 Å². The number of anilines is 1. The fraction of sp³-hybridized carbons (Fsp3) is 0.364. The maximum Gasteiger partial charge on any atom is 0.152 e. The summed E-state index contributed by atoms with van der Waals surface area (Å²) in [5.41, 5.74) is 1.55. The van der Waals surface area contributed by atoms with E-state index in [2.05, 4.69) is 13.8 Å². The van der Waals surface area contributed by atoms with Crippen molar-refractivity contribution in [2.24, 2.45) is 0 Å². The molecule has 0 aromatic heterocycles. The summed E-state index contributed by atoms with van der Waals surface area (Å²) in [7, 11) is 1.96. The molecule has 0 unspecified atom stereocenters. The number of hydrogen-bond donors (Lipinski definition) is 0. The van der Waals surface area contributed by atoms with Crippen molar-refractivity contribution in [1.82, 2.24) is 0 Å². The number of rotatable bonds is 3. The van der Waals surface area contributed by atoms with Crippen LogP contribution in [0.4, 0.5) is 5.69 Å². The van der Waals surface area contributed by atoms with Gasteiger partial charge in [0.15, 0.2) is 6.29 Å². The van der Waals surface area contributed by atoms with Crippen molar-refractivity contribution in [3.8, 4) is 0 Å². The summed E-state index contributed by atoms with van der Waals surface area (Å²) in [6.45, 7) is 4.15. The molecule has 1 aromatic carbocycles. The van der Waals surface area contributed by atoms with Crippen LogP contribution in [0.3, 0.4) is 0 Å².